The minimum atomic E-state index is 0.556. The molecule has 2 heterocycles. The molecular formula is C12H12N4S. The van der Waals surface area contributed by atoms with Crippen LogP contribution in [0.1, 0.15) is 5.56 Å². The van der Waals surface area contributed by atoms with Gasteiger partial charge in [-0.1, -0.05) is 17.4 Å². The van der Waals surface area contributed by atoms with Crippen molar-refractivity contribution in [3.8, 4) is 10.7 Å². The monoisotopic (exact) mass is 244 g/mol. The largest absolute Gasteiger partial charge is 0.389 e. The number of aromatic nitrogens is 2. The fourth-order valence-electron chi connectivity index (χ4n) is 1.84. The van der Waals surface area contributed by atoms with E-state index < -0.39 is 0 Å². The van der Waals surface area contributed by atoms with Gasteiger partial charge in [0.15, 0.2) is 0 Å². The van der Waals surface area contributed by atoms with Crippen molar-refractivity contribution in [3.63, 3.8) is 0 Å². The molecule has 3 aromatic rings. The van der Waals surface area contributed by atoms with E-state index in [4.69, 9.17) is 11.5 Å². The van der Waals surface area contributed by atoms with Gasteiger partial charge in [-0.05, 0) is 23.8 Å². The second-order valence-electron chi connectivity index (χ2n) is 3.88. The highest BCUT2D eigenvalue weighted by Crippen LogP contribution is 2.29. The van der Waals surface area contributed by atoms with Crippen molar-refractivity contribution < 1.29 is 0 Å². The highest BCUT2D eigenvalue weighted by molar-refractivity contribution is 7.18. The third-order valence-electron chi connectivity index (χ3n) is 2.67. The molecule has 0 fully saturated rings. The van der Waals surface area contributed by atoms with Crippen molar-refractivity contribution in [1.29, 1.82) is 0 Å². The number of thiazole rings is 1. The third kappa shape index (κ3) is 1.79. The van der Waals surface area contributed by atoms with E-state index in [1.165, 1.54) is 11.3 Å². The molecule has 0 atom stereocenters. The number of nitrogens with two attached hydrogens (primary N) is 2. The third-order valence-corrected chi connectivity index (χ3v) is 3.53. The Balaban J connectivity index is 2.13. The second kappa shape index (κ2) is 3.87. The molecule has 1 aromatic carbocycles. The molecule has 0 radical (unpaired) electrons. The Bertz CT molecular complexity index is 668. The number of nitrogens with zero attached hydrogens (tertiary/aromatic N) is 1. The molecule has 5 heteroatoms. The van der Waals surface area contributed by atoms with Crippen LogP contribution in [-0.4, -0.2) is 9.97 Å². The van der Waals surface area contributed by atoms with Gasteiger partial charge in [-0.2, -0.15) is 0 Å². The SMILES string of the molecule is NCc1ccc2[nH]c(-c3ncc(N)s3)cc2c1. The Labute approximate surface area is 102 Å². The molecule has 0 amide bonds. The first-order valence-electron chi connectivity index (χ1n) is 5.29. The maximum atomic E-state index is 5.68. The lowest BCUT2D eigenvalue weighted by Crippen LogP contribution is -1.94. The van der Waals surface area contributed by atoms with Crippen molar-refractivity contribution in [1.82, 2.24) is 9.97 Å². The molecule has 0 aliphatic heterocycles. The van der Waals surface area contributed by atoms with Gasteiger partial charge in [0.25, 0.3) is 0 Å². The summed E-state index contributed by atoms with van der Waals surface area (Å²) in [5.74, 6) is 0. The Hall–Kier alpha value is -1.85. The number of nitrogens with one attached hydrogen (secondary N) is 1. The highest BCUT2D eigenvalue weighted by Gasteiger charge is 2.07. The smallest absolute Gasteiger partial charge is 0.141 e. The number of hydrogen-bond donors (Lipinski definition) is 3. The molecule has 86 valence electrons. The van der Waals surface area contributed by atoms with Crippen LogP contribution in [0.4, 0.5) is 5.00 Å². The predicted octanol–water partition coefficient (Wildman–Crippen LogP) is 2.33. The molecule has 0 saturated carbocycles. The van der Waals surface area contributed by atoms with Crippen LogP contribution in [0.2, 0.25) is 0 Å². The van der Waals surface area contributed by atoms with Crippen LogP contribution in [-0.2, 0) is 6.54 Å². The Morgan fingerprint density at radius 2 is 2.18 bits per heavy atom. The maximum absolute atomic E-state index is 5.68. The molecule has 17 heavy (non-hydrogen) atoms. The molecule has 0 bridgehead atoms. The summed E-state index contributed by atoms with van der Waals surface area (Å²) in [4.78, 5) is 7.59. The number of nitrogen functional groups attached to an aromatic ring is 1. The Morgan fingerprint density at radius 3 is 2.88 bits per heavy atom. The standard InChI is InChI=1S/C12H12N4S/c13-5-7-1-2-9-8(3-7)4-10(16-9)12-15-6-11(14)17-12/h1-4,6,16H,5,13-14H2. The van der Waals surface area contributed by atoms with Crippen LogP contribution in [0.25, 0.3) is 21.6 Å². The number of anilines is 1. The van der Waals surface area contributed by atoms with Crippen LogP contribution in [0.15, 0.2) is 30.5 Å². The topological polar surface area (TPSA) is 80.7 Å². The van der Waals surface area contributed by atoms with Crippen LogP contribution in [0.3, 0.4) is 0 Å². The summed E-state index contributed by atoms with van der Waals surface area (Å²) in [5, 5.41) is 2.78. The predicted molar refractivity (Wildman–Crippen MR) is 71.7 cm³/mol. The summed E-state index contributed by atoms with van der Waals surface area (Å²) in [5.41, 5.74) is 14.5. The summed E-state index contributed by atoms with van der Waals surface area (Å²) in [6.45, 7) is 0.556. The van der Waals surface area contributed by atoms with E-state index in [0.29, 0.717) is 6.54 Å². The fraction of sp³-hybridized carbons (Fsp3) is 0.0833. The van der Waals surface area contributed by atoms with E-state index in [9.17, 15) is 0 Å². The minimum Gasteiger partial charge on any atom is -0.389 e. The molecular weight excluding hydrogens is 232 g/mol. The number of fused-ring (bicyclic) bond motifs is 1. The van der Waals surface area contributed by atoms with Crippen molar-refractivity contribution in [3.05, 3.63) is 36.0 Å². The molecule has 0 unspecified atom stereocenters. The number of hydrogen-bond acceptors (Lipinski definition) is 4. The van der Waals surface area contributed by atoms with E-state index in [1.54, 1.807) is 6.20 Å². The van der Waals surface area contributed by atoms with E-state index in [0.717, 1.165) is 32.2 Å². The number of benzene rings is 1. The van der Waals surface area contributed by atoms with E-state index in [-0.39, 0.29) is 0 Å². The number of aromatic amines is 1. The van der Waals surface area contributed by atoms with Gasteiger partial charge in [-0.3, -0.25) is 0 Å². The van der Waals surface area contributed by atoms with E-state index in [1.807, 2.05) is 12.1 Å². The van der Waals surface area contributed by atoms with Crippen molar-refractivity contribution >= 4 is 27.2 Å². The van der Waals surface area contributed by atoms with Crippen LogP contribution in [0, 0.1) is 0 Å². The van der Waals surface area contributed by atoms with Gasteiger partial charge in [0.1, 0.15) is 10.0 Å². The van der Waals surface area contributed by atoms with Crippen LogP contribution < -0.4 is 11.5 Å². The molecule has 0 spiro atoms. The molecule has 3 rings (SSSR count). The molecule has 0 saturated heterocycles. The lowest BCUT2D eigenvalue weighted by atomic mass is 10.1. The van der Waals surface area contributed by atoms with Crippen molar-refractivity contribution in [2.45, 2.75) is 6.54 Å². The zero-order valence-electron chi connectivity index (χ0n) is 9.10. The van der Waals surface area contributed by atoms with Crippen molar-refractivity contribution in [2.24, 2.45) is 5.73 Å². The molecule has 4 nitrogen and oxygen atoms in total. The summed E-state index contributed by atoms with van der Waals surface area (Å²) >= 11 is 1.48. The lowest BCUT2D eigenvalue weighted by Gasteiger charge is -1.94. The average molecular weight is 244 g/mol. The van der Waals surface area contributed by atoms with Gasteiger partial charge in [-0.25, -0.2) is 4.98 Å². The molecule has 5 N–H and O–H groups in total. The first-order valence-corrected chi connectivity index (χ1v) is 6.11. The average Bonchev–Trinajstić information content (AvgIpc) is 2.93. The van der Waals surface area contributed by atoms with Gasteiger partial charge < -0.3 is 16.5 Å². The van der Waals surface area contributed by atoms with Crippen molar-refractivity contribution in [2.75, 3.05) is 5.73 Å². The Kier molecular flexibility index (Phi) is 2.35. The van der Waals surface area contributed by atoms with Crippen LogP contribution >= 0.6 is 11.3 Å². The van der Waals surface area contributed by atoms with Gasteiger partial charge >= 0.3 is 0 Å². The van der Waals surface area contributed by atoms with Gasteiger partial charge in [0, 0.05) is 17.4 Å². The lowest BCUT2D eigenvalue weighted by molar-refractivity contribution is 1.08. The Morgan fingerprint density at radius 1 is 1.29 bits per heavy atom. The summed E-state index contributed by atoms with van der Waals surface area (Å²) in [6, 6.07) is 8.23. The minimum absolute atomic E-state index is 0.556. The zero-order valence-corrected chi connectivity index (χ0v) is 9.92. The quantitative estimate of drug-likeness (QED) is 0.647. The first kappa shape index (κ1) is 10.3. The normalized spacial score (nSPS) is 11.1. The molecule has 0 aliphatic carbocycles. The van der Waals surface area contributed by atoms with Crippen LogP contribution in [0.5, 0.6) is 0 Å². The maximum Gasteiger partial charge on any atom is 0.141 e. The summed E-state index contributed by atoms with van der Waals surface area (Å²) in [7, 11) is 0. The number of rotatable bonds is 2. The van der Waals surface area contributed by atoms with E-state index in [2.05, 4.69) is 22.1 Å². The fourth-order valence-corrected chi connectivity index (χ4v) is 2.49. The first-order chi connectivity index (χ1) is 8.26. The molecule has 2 aromatic heterocycles. The zero-order chi connectivity index (χ0) is 11.8. The summed E-state index contributed by atoms with van der Waals surface area (Å²) in [6.07, 6.45) is 1.68. The number of H-pyrrole nitrogens is 1. The van der Waals surface area contributed by atoms with E-state index >= 15 is 0 Å². The molecule has 0 aliphatic rings. The van der Waals surface area contributed by atoms with Gasteiger partial charge in [0.2, 0.25) is 0 Å². The second-order valence-corrected chi connectivity index (χ2v) is 4.94. The summed E-state index contributed by atoms with van der Waals surface area (Å²) < 4.78 is 0. The van der Waals surface area contributed by atoms with Gasteiger partial charge in [-0.15, -0.1) is 0 Å². The highest BCUT2D eigenvalue weighted by atomic mass is 32.1. The van der Waals surface area contributed by atoms with Gasteiger partial charge in [0.05, 0.1) is 11.9 Å².